The molecule has 2 aromatic carbocycles. The summed E-state index contributed by atoms with van der Waals surface area (Å²) in [6.07, 6.45) is 3.28. The topological polar surface area (TPSA) is 31.0 Å². The van der Waals surface area contributed by atoms with Gasteiger partial charge in [0, 0.05) is 20.3 Å². The van der Waals surface area contributed by atoms with Gasteiger partial charge in [-0.15, -0.1) is 4.99 Å². The Morgan fingerprint density at radius 3 is 1.53 bits per heavy atom. The maximum absolute atomic E-state index is 5.22. The molecule has 36 heavy (non-hydrogen) atoms. The Hall–Kier alpha value is -2.75. The molecule has 0 saturated carbocycles. The highest BCUT2D eigenvalue weighted by Gasteiger charge is 2.23. The first-order valence-corrected chi connectivity index (χ1v) is 13.8. The van der Waals surface area contributed by atoms with Gasteiger partial charge < -0.3 is 0 Å². The van der Waals surface area contributed by atoms with Gasteiger partial charge in [-0.25, -0.2) is 9.57 Å². The first-order valence-electron chi connectivity index (χ1n) is 13.8. The molecule has 0 amide bonds. The lowest BCUT2D eigenvalue weighted by atomic mass is 9.93. The van der Waals surface area contributed by atoms with Crippen molar-refractivity contribution in [3.63, 3.8) is 0 Å². The third kappa shape index (κ3) is 6.32. The molecule has 4 nitrogen and oxygen atoms in total. The van der Waals surface area contributed by atoms with Crippen LogP contribution in [-0.2, 0) is 0 Å². The highest BCUT2D eigenvalue weighted by molar-refractivity contribution is 5.93. The molecule has 3 rings (SSSR count). The fourth-order valence-corrected chi connectivity index (χ4v) is 4.92. The number of nitrogens with zero attached hydrogens (tertiary/aromatic N) is 4. The molecule has 0 bridgehead atoms. The van der Waals surface area contributed by atoms with E-state index < -0.39 is 0 Å². The molecule has 1 aliphatic rings. The van der Waals surface area contributed by atoms with Crippen LogP contribution in [0.2, 0.25) is 0 Å². The van der Waals surface area contributed by atoms with Crippen molar-refractivity contribution in [1.82, 2.24) is 4.90 Å². The summed E-state index contributed by atoms with van der Waals surface area (Å²) in [5.74, 6) is 3.80. The molecule has 0 saturated heterocycles. The first-order chi connectivity index (χ1) is 17.0. The molecule has 0 atom stereocenters. The molecule has 0 unspecified atom stereocenters. The Morgan fingerprint density at radius 1 is 0.694 bits per heavy atom. The predicted molar refractivity (Wildman–Crippen MR) is 157 cm³/mol. The lowest BCUT2D eigenvalue weighted by Crippen LogP contribution is -2.40. The maximum Gasteiger partial charge on any atom is 0.235 e. The van der Waals surface area contributed by atoms with Gasteiger partial charge in [-0.2, -0.15) is 0 Å². The lowest BCUT2D eigenvalue weighted by Gasteiger charge is -2.23. The number of hydrogen-bond donors (Lipinski definition) is 0. The summed E-state index contributed by atoms with van der Waals surface area (Å²) in [6, 6.07) is 13.3. The molecular formula is C32H47N4+. The van der Waals surface area contributed by atoms with E-state index in [1.54, 1.807) is 0 Å². The normalized spacial score (nSPS) is 15.5. The molecule has 0 aliphatic carbocycles. The van der Waals surface area contributed by atoms with E-state index in [1.807, 2.05) is 0 Å². The van der Waals surface area contributed by atoms with E-state index in [-0.39, 0.29) is 0 Å². The zero-order valence-corrected chi connectivity index (χ0v) is 24.3. The standard InChI is InChI=1S/C32H47N4/c1-21(2)27-14-11-15-28(22(3)4)31(27)33-25(9)35-18-13-19-36(20-35)26(10)34-32-29(23(5)6)16-12-17-30(32)24(7)8/h11-12,14-17,20-24H,13,18-19H2,1-10H3/q+1. The van der Waals surface area contributed by atoms with Crippen molar-refractivity contribution in [2.24, 2.45) is 9.98 Å². The van der Waals surface area contributed by atoms with Crippen LogP contribution in [0, 0.1) is 0 Å². The Kier molecular flexibility index (Phi) is 9.27. The Morgan fingerprint density at radius 2 is 1.11 bits per heavy atom. The van der Waals surface area contributed by atoms with Gasteiger partial charge in [-0.05, 0) is 45.9 Å². The van der Waals surface area contributed by atoms with Gasteiger partial charge in [0.25, 0.3) is 0 Å². The van der Waals surface area contributed by atoms with Crippen LogP contribution in [-0.4, -0.2) is 40.6 Å². The summed E-state index contributed by atoms with van der Waals surface area (Å²) in [6.45, 7) is 24.2. The number of benzene rings is 2. The van der Waals surface area contributed by atoms with Crippen molar-refractivity contribution in [3.8, 4) is 0 Å². The van der Waals surface area contributed by atoms with Gasteiger partial charge in [-0.1, -0.05) is 91.8 Å². The predicted octanol–water partition coefficient (Wildman–Crippen LogP) is 8.73. The minimum Gasteiger partial charge on any atom is -0.254 e. The Bertz CT molecular complexity index is 1100. The van der Waals surface area contributed by atoms with E-state index in [9.17, 15) is 0 Å². The molecular weight excluding hydrogens is 440 g/mol. The first kappa shape index (κ1) is 27.8. The van der Waals surface area contributed by atoms with Crippen molar-refractivity contribution >= 4 is 29.4 Å². The van der Waals surface area contributed by atoms with Crippen LogP contribution in [0.5, 0.6) is 0 Å². The molecule has 0 spiro atoms. The number of hydrogen-bond acceptors (Lipinski definition) is 2. The molecule has 194 valence electrons. The van der Waals surface area contributed by atoms with Crippen molar-refractivity contribution in [1.29, 1.82) is 0 Å². The van der Waals surface area contributed by atoms with E-state index in [0.717, 1.165) is 42.6 Å². The lowest BCUT2D eigenvalue weighted by molar-refractivity contribution is -0.415. The molecule has 4 heteroatoms. The van der Waals surface area contributed by atoms with E-state index in [1.165, 1.54) is 22.3 Å². The smallest absolute Gasteiger partial charge is 0.235 e. The molecule has 0 N–H and O–H groups in total. The van der Waals surface area contributed by atoms with Crippen molar-refractivity contribution in [3.05, 3.63) is 58.7 Å². The number of rotatable bonds is 6. The number of amidine groups is 2. The zero-order valence-electron chi connectivity index (χ0n) is 24.3. The molecule has 0 aromatic heterocycles. The van der Waals surface area contributed by atoms with Crippen LogP contribution in [0.25, 0.3) is 0 Å². The number of para-hydroxylation sites is 2. The second kappa shape index (κ2) is 12.0. The van der Waals surface area contributed by atoms with Gasteiger partial charge >= 0.3 is 0 Å². The van der Waals surface area contributed by atoms with Crippen molar-refractivity contribution in [2.75, 3.05) is 13.1 Å². The maximum atomic E-state index is 5.22. The fourth-order valence-electron chi connectivity index (χ4n) is 4.92. The molecule has 0 radical (unpaired) electrons. The summed E-state index contributed by atoms with van der Waals surface area (Å²) >= 11 is 0. The van der Waals surface area contributed by atoms with Gasteiger partial charge in [-0.3, -0.25) is 4.90 Å². The van der Waals surface area contributed by atoms with Crippen LogP contribution >= 0.6 is 0 Å². The minimum atomic E-state index is 0.433. The van der Waals surface area contributed by atoms with Gasteiger partial charge in [0.1, 0.15) is 5.69 Å². The Labute approximate surface area is 219 Å². The zero-order chi connectivity index (χ0) is 26.6. The third-order valence-corrected chi connectivity index (χ3v) is 7.14. The van der Waals surface area contributed by atoms with E-state index in [0.29, 0.717) is 23.7 Å². The molecule has 2 aromatic rings. The monoisotopic (exact) mass is 487 g/mol. The highest BCUT2D eigenvalue weighted by atomic mass is 15.3. The van der Waals surface area contributed by atoms with E-state index in [4.69, 9.17) is 9.98 Å². The van der Waals surface area contributed by atoms with E-state index >= 15 is 0 Å². The molecule has 0 fully saturated rings. The van der Waals surface area contributed by atoms with Crippen molar-refractivity contribution in [2.45, 2.75) is 99.3 Å². The second-order valence-corrected chi connectivity index (χ2v) is 11.4. The Balaban J connectivity index is 2.02. The van der Waals surface area contributed by atoms with Gasteiger partial charge in [0.2, 0.25) is 5.84 Å². The van der Waals surface area contributed by atoms with Crippen molar-refractivity contribution < 1.29 is 4.58 Å². The van der Waals surface area contributed by atoms with Gasteiger partial charge in [0.15, 0.2) is 12.2 Å². The molecule has 1 aliphatic heterocycles. The largest absolute Gasteiger partial charge is 0.254 e. The minimum absolute atomic E-state index is 0.433. The summed E-state index contributed by atoms with van der Waals surface area (Å²) in [5, 5.41) is 0. The third-order valence-electron chi connectivity index (χ3n) is 7.14. The summed E-state index contributed by atoms with van der Waals surface area (Å²) in [7, 11) is 0. The van der Waals surface area contributed by atoms with Crippen LogP contribution in [0.3, 0.4) is 0 Å². The summed E-state index contributed by atoms with van der Waals surface area (Å²) in [4.78, 5) is 12.7. The van der Waals surface area contributed by atoms with Gasteiger partial charge in [0.05, 0.1) is 18.8 Å². The highest BCUT2D eigenvalue weighted by Crippen LogP contribution is 2.36. The average molecular weight is 488 g/mol. The van der Waals surface area contributed by atoms with Crippen LogP contribution < -0.4 is 0 Å². The quantitative estimate of drug-likeness (QED) is 0.228. The SMILES string of the molecule is CC(=Nc1c(C(C)C)cccc1C(C)C)N1C=[N+](C(C)=Nc2c(C(C)C)cccc2C(C)C)CCC1. The summed E-state index contributed by atoms with van der Waals surface area (Å²) in [5.41, 5.74) is 7.56. The van der Waals surface area contributed by atoms with E-state index in [2.05, 4.69) is 121 Å². The van der Waals surface area contributed by atoms with Crippen LogP contribution in [0.4, 0.5) is 11.4 Å². The second-order valence-electron chi connectivity index (χ2n) is 11.4. The fraction of sp³-hybridized carbons (Fsp3) is 0.531. The average Bonchev–Trinajstić information content (AvgIpc) is 2.83. The van der Waals surface area contributed by atoms with Crippen LogP contribution in [0.1, 0.15) is 122 Å². The molecule has 1 heterocycles. The van der Waals surface area contributed by atoms with Crippen LogP contribution in [0.15, 0.2) is 46.4 Å². The summed E-state index contributed by atoms with van der Waals surface area (Å²) < 4.78 is 2.29. The number of aliphatic imine (C=N–C) groups is 2.